The maximum absolute atomic E-state index is 11.2. The minimum Gasteiger partial charge on any atom is -0.459 e. The van der Waals surface area contributed by atoms with E-state index < -0.39 is 6.10 Å². The molecule has 1 saturated carbocycles. The van der Waals surface area contributed by atoms with E-state index >= 15 is 0 Å². The SMILES string of the molecule is CC(C)C(=O)O[C@H]1CCCC[C@H]1O. The van der Waals surface area contributed by atoms with Gasteiger partial charge in [0.25, 0.3) is 0 Å². The van der Waals surface area contributed by atoms with Gasteiger partial charge in [-0.05, 0) is 19.3 Å². The van der Waals surface area contributed by atoms with Crippen LogP contribution in [0.25, 0.3) is 0 Å². The fraction of sp³-hybridized carbons (Fsp3) is 0.900. The van der Waals surface area contributed by atoms with Crippen molar-refractivity contribution in [3.8, 4) is 0 Å². The minimum absolute atomic E-state index is 0.103. The van der Waals surface area contributed by atoms with Gasteiger partial charge in [0.2, 0.25) is 0 Å². The number of esters is 1. The molecule has 1 fully saturated rings. The summed E-state index contributed by atoms with van der Waals surface area (Å²) in [4.78, 5) is 11.2. The molecule has 0 aliphatic heterocycles. The van der Waals surface area contributed by atoms with Gasteiger partial charge in [-0.25, -0.2) is 0 Å². The van der Waals surface area contributed by atoms with Crippen LogP contribution in [-0.2, 0) is 9.53 Å². The van der Waals surface area contributed by atoms with Crippen LogP contribution in [0.3, 0.4) is 0 Å². The zero-order valence-corrected chi connectivity index (χ0v) is 8.32. The molecule has 0 aromatic carbocycles. The Morgan fingerprint density at radius 3 is 2.54 bits per heavy atom. The highest BCUT2D eigenvalue weighted by atomic mass is 16.6. The second-order valence-corrected chi connectivity index (χ2v) is 3.98. The van der Waals surface area contributed by atoms with Gasteiger partial charge in [0.1, 0.15) is 6.10 Å². The molecule has 0 radical (unpaired) electrons. The number of hydrogen-bond donors (Lipinski definition) is 1. The molecule has 0 saturated heterocycles. The van der Waals surface area contributed by atoms with Crippen molar-refractivity contribution >= 4 is 5.97 Å². The highest BCUT2D eigenvalue weighted by Crippen LogP contribution is 2.21. The lowest BCUT2D eigenvalue weighted by atomic mass is 9.95. The normalized spacial score (nSPS) is 28.9. The van der Waals surface area contributed by atoms with Gasteiger partial charge < -0.3 is 9.84 Å². The summed E-state index contributed by atoms with van der Waals surface area (Å²) < 4.78 is 5.18. The summed E-state index contributed by atoms with van der Waals surface area (Å²) in [6.45, 7) is 3.61. The zero-order valence-electron chi connectivity index (χ0n) is 8.32. The molecule has 1 aliphatic rings. The lowest BCUT2D eigenvalue weighted by Gasteiger charge is -2.27. The van der Waals surface area contributed by atoms with E-state index in [-0.39, 0.29) is 18.0 Å². The predicted octanol–water partition coefficient (Wildman–Crippen LogP) is 1.49. The summed E-state index contributed by atoms with van der Waals surface area (Å²) >= 11 is 0. The summed E-state index contributed by atoms with van der Waals surface area (Å²) in [5.41, 5.74) is 0. The number of carbonyl (C=O) groups is 1. The lowest BCUT2D eigenvalue weighted by Crippen LogP contribution is -2.35. The van der Waals surface area contributed by atoms with Crippen molar-refractivity contribution in [2.24, 2.45) is 5.92 Å². The van der Waals surface area contributed by atoms with E-state index in [0.29, 0.717) is 0 Å². The topological polar surface area (TPSA) is 46.5 Å². The first kappa shape index (κ1) is 10.5. The molecular weight excluding hydrogens is 168 g/mol. The molecule has 3 heteroatoms. The van der Waals surface area contributed by atoms with Gasteiger partial charge in [0.15, 0.2) is 0 Å². The first-order chi connectivity index (χ1) is 6.11. The molecule has 2 atom stereocenters. The van der Waals surface area contributed by atoms with E-state index in [4.69, 9.17) is 4.74 Å². The number of rotatable bonds is 2. The van der Waals surface area contributed by atoms with Gasteiger partial charge in [0.05, 0.1) is 12.0 Å². The molecule has 1 rings (SSSR count). The quantitative estimate of drug-likeness (QED) is 0.664. The summed E-state index contributed by atoms with van der Waals surface area (Å²) in [7, 11) is 0. The van der Waals surface area contributed by atoms with E-state index in [9.17, 15) is 9.90 Å². The summed E-state index contributed by atoms with van der Waals surface area (Å²) in [5, 5.41) is 9.52. The third-order valence-electron chi connectivity index (χ3n) is 2.41. The van der Waals surface area contributed by atoms with Gasteiger partial charge in [0, 0.05) is 0 Å². The van der Waals surface area contributed by atoms with E-state index in [1.807, 2.05) is 0 Å². The van der Waals surface area contributed by atoms with Crippen molar-refractivity contribution in [2.45, 2.75) is 51.7 Å². The molecule has 0 amide bonds. The molecule has 13 heavy (non-hydrogen) atoms. The van der Waals surface area contributed by atoms with Crippen LogP contribution in [0.2, 0.25) is 0 Å². The van der Waals surface area contributed by atoms with Crippen molar-refractivity contribution < 1.29 is 14.6 Å². The van der Waals surface area contributed by atoms with Crippen LogP contribution in [0.4, 0.5) is 0 Å². The Morgan fingerprint density at radius 2 is 2.00 bits per heavy atom. The molecule has 0 aromatic heterocycles. The molecule has 0 unspecified atom stereocenters. The van der Waals surface area contributed by atoms with Crippen LogP contribution in [0.5, 0.6) is 0 Å². The Labute approximate surface area is 79.1 Å². The van der Waals surface area contributed by atoms with Crippen molar-refractivity contribution in [3.05, 3.63) is 0 Å². The summed E-state index contributed by atoms with van der Waals surface area (Å²) in [6.07, 6.45) is 2.94. The largest absolute Gasteiger partial charge is 0.459 e. The highest BCUT2D eigenvalue weighted by molar-refractivity contribution is 5.71. The molecule has 0 aromatic rings. The van der Waals surface area contributed by atoms with Crippen LogP contribution < -0.4 is 0 Å². The molecule has 76 valence electrons. The number of carbonyl (C=O) groups excluding carboxylic acids is 1. The monoisotopic (exact) mass is 186 g/mol. The third kappa shape index (κ3) is 2.99. The second kappa shape index (κ2) is 4.61. The standard InChI is InChI=1S/C10H18O3/c1-7(2)10(12)13-9-6-4-3-5-8(9)11/h7-9,11H,3-6H2,1-2H3/t8-,9+/m1/s1. The Balaban J connectivity index is 2.38. The molecule has 0 heterocycles. The average Bonchev–Trinajstić information content (AvgIpc) is 2.08. The second-order valence-electron chi connectivity index (χ2n) is 3.98. The van der Waals surface area contributed by atoms with Crippen molar-refractivity contribution in [1.82, 2.24) is 0 Å². The van der Waals surface area contributed by atoms with E-state index in [0.717, 1.165) is 25.7 Å². The third-order valence-corrected chi connectivity index (χ3v) is 2.41. The van der Waals surface area contributed by atoms with Gasteiger partial charge in [-0.1, -0.05) is 20.3 Å². The van der Waals surface area contributed by atoms with Crippen molar-refractivity contribution in [1.29, 1.82) is 0 Å². The molecule has 3 nitrogen and oxygen atoms in total. The van der Waals surface area contributed by atoms with E-state index in [1.165, 1.54) is 0 Å². The Morgan fingerprint density at radius 1 is 1.38 bits per heavy atom. The van der Waals surface area contributed by atoms with Gasteiger partial charge in [-0.2, -0.15) is 0 Å². The first-order valence-electron chi connectivity index (χ1n) is 5.00. The molecule has 0 bridgehead atoms. The highest BCUT2D eigenvalue weighted by Gasteiger charge is 2.26. The number of aliphatic hydroxyl groups excluding tert-OH is 1. The van der Waals surface area contributed by atoms with Crippen LogP contribution >= 0.6 is 0 Å². The maximum atomic E-state index is 11.2. The van der Waals surface area contributed by atoms with E-state index in [1.54, 1.807) is 13.8 Å². The number of aliphatic hydroxyl groups is 1. The number of ether oxygens (including phenoxy) is 1. The minimum atomic E-state index is -0.448. The Hall–Kier alpha value is -0.570. The van der Waals surface area contributed by atoms with Crippen molar-refractivity contribution in [3.63, 3.8) is 0 Å². The summed E-state index contributed by atoms with van der Waals surface area (Å²) in [6, 6.07) is 0. The van der Waals surface area contributed by atoms with Crippen LogP contribution in [0.1, 0.15) is 39.5 Å². The Bertz CT molecular complexity index is 177. The lowest BCUT2D eigenvalue weighted by molar-refractivity contribution is -0.161. The van der Waals surface area contributed by atoms with Gasteiger partial charge >= 0.3 is 5.97 Å². The molecule has 1 N–H and O–H groups in total. The first-order valence-corrected chi connectivity index (χ1v) is 5.00. The summed E-state index contributed by atoms with van der Waals surface area (Å²) in [5.74, 6) is -0.305. The van der Waals surface area contributed by atoms with Gasteiger partial charge in [-0.15, -0.1) is 0 Å². The average molecular weight is 186 g/mol. The van der Waals surface area contributed by atoms with Gasteiger partial charge in [-0.3, -0.25) is 4.79 Å². The van der Waals surface area contributed by atoms with Crippen LogP contribution in [0, 0.1) is 5.92 Å². The van der Waals surface area contributed by atoms with E-state index in [2.05, 4.69) is 0 Å². The van der Waals surface area contributed by atoms with Crippen LogP contribution in [-0.4, -0.2) is 23.3 Å². The smallest absolute Gasteiger partial charge is 0.308 e. The fourth-order valence-corrected chi connectivity index (χ4v) is 1.50. The maximum Gasteiger partial charge on any atom is 0.308 e. The molecule has 0 spiro atoms. The van der Waals surface area contributed by atoms with Crippen LogP contribution in [0.15, 0.2) is 0 Å². The fourth-order valence-electron chi connectivity index (χ4n) is 1.50. The molecule has 1 aliphatic carbocycles. The Kier molecular flexibility index (Phi) is 3.72. The number of hydrogen-bond acceptors (Lipinski definition) is 3. The van der Waals surface area contributed by atoms with Crippen molar-refractivity contribution in [2.75, 3.05) is 0 Å². The molecular formula is C10H18O3. The predicted molar refractivity (Wildman–Crippen MR) is 49.2 cm³/mol. The zero-order chi connectivity index (χ0) is 9.84.